The Morgan fingerprint density at radius 3 is 2.11 bits per heavy atom. The van der Waals surface area contributed by atoms with Crippen molar-refractivity contribution in [3.05, 3.63) is 69.8 Å². The molecule has 146 valence electrons. The molecular formula is C20H21N3O5. The number of carbonyl (C=O) groups is 2. The molecule has 0 saturated carbocycles. The van der Waals surface area contributed by atoms with E-state index in [1.165, 1.54) is 24.3 Å². The Kier molecular flexibility index (Phi) is 5.88. The maximum absolute atomic E-state index is 12.5. The van der Waals surface area contributed by atoms with Gasteiger partial charge in [-0.2, -0.15) is 0 Å². The number of carbonyl (C=O) groups excluding carboxylic acids is 2. The van der Waals surface area contributed by atoms with Crippen LogP contribution in [0, 0.1) is 17.0 Å². The lowest BCUT2D eigenvalue weighted by atomic mass is 10.1. The number of non-ortho nitro benzene ring substituents is 1. The van der Waals surface area contributed by atoms with Gasteiger partial charge in [-0.05, 0) is 31.2 Å². The molecule has 2 amide bonds. The van der Waals surface area contributed by atoms with Crippen LogP contribution >= 0.6 is 0 Å². The van der Waals surface area contributed by atoms with Gasteiger partial charge in [0.15, 0.2) is 6.61 Å². The number of piperazine rings is 1. The van der Waals surface area contributed by atoms with Crippen molar-refractivity contribution in [3.8, 4) is 5.75 Å². The number of hydrogen-bond donors (Lipinski definition) is 0. The summed E-state index contributed by atoms with van der Waals surface area (Å²) in [5, 5.41) is 10.6. The fraction of sp³-hybridized carbons (Fsp3) is 0.300. The van der Waals surface area contributed by atoms with Crippen LogP contribution in [-0.2, 0) is 4.79 Å². The molecule has 1 aliphatic heterocycles. The summed E-state index contributed by atoms with van der Waals surface area (Å²) in [6, 6.07) is 13.0. The molecule has 8 nitrogen and oxygen atoms in total. The van der Waals surface area contributed by atoms with E-state index in [0.717, 1.165) is 5.56 Å². The summed E-state index contributed by atoms with van der Waals surface area (Å²) in [6.45, 7) is 3.65. The SMILES string of the molecule is Cc1ccc(C(=O)N2CCN(C(=O)COc3ccc([N+](=O)[O-])cc3)CC2)cc1. The zero-order valence-electron chi connectivity index (χ0n) is 15.5. The van der Waals surface area contributed by atoms with E-state index in [1.54, 1.807) is 9.80 Å². The minimum Gasteiger partial charge on any atom is -0.484 e. The Morgan fingerprint density at radius 1 is 0.964 bits per heavy atom. The molecule has 28 heavy (non-hydrogen) atoms. The second kappa shape index (κ2) is 8.51. The highest BCUT2D eigenvalue weighted by atomic mass is 16.6. The summed E-state index contributed by atoms with van der Waals surface area (Å²) in [6.07, 6.45) is 0. The van der Waals surface area contributed by atoms with Crippen molar-refractivity contribution in [1.82, 2.24) is 9.80 Å². The number of hydrogen-bond acceptors (Lipinski definition) is 5. The van der Waals surface area contributed by atoms with Crippen molar-refractivity contribution < 1.29 is 19.2 Å². The van der Waals surface area contributed by atoms with Gasteiger partial charge >= 0.3 is 0 Å². The molecule has 3 rings (SSSR count). The molecule has 8 heteroatoms. The molecule has 0 atom stereocenters. The molecule has 1 aliphatic rings. The lowest BCUT2D eigenvalue weighted by molar-refractivity contribution is -0.384. The van der Waals surface area contributed by atoms with Gasteiger partial charge in [0.1, 0.15) is 5.75 Å². The van der Waals surface area contributed by atoms with E-state index < -0.39 is 4.92 Å². The van der Waals surface area contributed by atoms with Crippen LogP contribution in [0.2, 0.25) is 0 Å². The third kappa shape index (κ3) is 4.64. The minimum absolute atomic E-state index is 0.0331. The van der Waals surface area contributed by atoms with Gasteiger partial charge in [0.05, 0.1) is 4.92 Å². The monoisotopic (exact) mass is 383 g/mol. The van der Waals surface area contributed by atoms with Crippen molar-refractivity contribution in [2.45, 2.75) is 6.92 Å². The van der Waals surface area contributed by atoms with Gasteiger partial charge in [-0.1, -0.05) is 17.7 Å². The largest absolute Gasteiger partial charge is 0.484 e. The number of rotatable bonds is 5. The average Bonchev–Trinajstić information content (AvgIpc) is 2.72. The molecule has 0 bridgehead atoms. The molecule has 0 radical (unpaired) electrons. The number of nitro groups is 1. The quantitative estimate of drug-likeness (QED) is 0.583. The maximum Gasteiger partial charge on any atom is 0.269 e. The third-order valence-corrected chi connectivity index (χ3v) is 4.63. The van der Waals surface area contributed by atoms with E-state index in [4.69, 9.17) is 4.74 Å². The fourth-order valence-corrected chi connectivity index (χ4v) is 2.94. The Hall–Kier alpha value is -3.42. The van der Waals surface area contributed by atoms with Crippen LogP contribution in [0.5, 0.6) is 5.75 Å². The molecule has 0 aromatic heterocycles. The van der Waals surface area contributed by atoms with Crippen LogP contribution < -0.4 is 4.74 Å². The van der Waals surface area contributed by atoms with E-state index in [1.807, 2.05) is 31.2 Å². The van der Waals surface area contributed by atoms with E-state index in [2.05, 4.69) is 0 Å². The average molecular weight is 383 g/mol. The summed E-state index contributed by atoms with van der Waals surface area (Å²) < 4.78 is 5.42. The topological polar surface area (TPSA) is 93.0 Å². The third-order valence-electron chi connectivity index (χ3n) is 4.63. The highest BCUT2D eigenvalue weighted by Gasteiger charge is 2.25. The van der Waals surface area contributed by atoms with Gasteiger partial charge in [-0.15, -0.1) is 0 Å². The van der Waals surface area contributed by atoms with E-state index in [0.29, 0.717) is 37.5 Å². The normalized spacial score (nSPS) is 13.9. The van der Waals surface area contributed by atoms with Crippen LogP contribution in [0.1, 0.15) is 15.9 Å². The highest BCUT2D eigenvalue weighted by molar-refractivity contribution is 5.94. The van der Waals surface area contributed by atoms with E-state index in [9.17, 15) is 19.7 Å². The molecule has 0 N–H and O–H groups in total. The smallest absolute Gasteiger partial charge is 0.269 e. The van der Waals surface area contributed by atoms with Crippen LogP contribution in [0.3, 0.4) is 0 Å². The van der Waals surface area contributed by atoms with Crippen LogP contribution in [0.4, 0.5) is 5.69 Å². The highest BCUT2D eigenvalue weighted by Crippen LogP contribution is 2.17. The first-order valence-electron chi connectivity index (χ1n) is 8.95. The predicted molar refractivity (Wildman–Crippen MR) is 102 cm³/mol. The Bertz CT molecular complexity index is 856. The molecule has 1 fully saturated rings. The zero-order chi connectivity index (χ0) is 20.1. The van der Waals surface area contributed by atoms with Crippen LogP contribution in [0.15, 0.2) is 48.5 Å². The molecule has 0 aliphatic carbocycles. The van der Waals surface area contributed by atoms with Crippen molar-refractivity contribution in [1.29, 1.82) is 0 Å². The number of amides is 2. The molecule has 0 unspecified atom stereocenters. The van der Waals surface area contributed by atoms with Crippen molar-refractivity contribution in [2.24, 2.45) is 0 Å². The summed E-state index contributed by atoms with van der Waals surface area (Å²) in [5.41, 5.74) is 1.71. The van der Waals surface area contributed by atoms with Gasteiger partial charge in [-0.25, -0.2) is 0 Å². The van der Waals surface area contributed by atoms with Crippen molar-refractivity contribution in [2.75, 3.05) is 32.8 Å². The van der Waals surface area contributed by atoms with Crippen molar-refractivity contribution in [3.63, 3.8) is 0 Å². The minimum atomic E-state index is -0.494. The van der Waals surface area contributed by atoms with Gasteiger partial charge in [0.25, 0.3) is 17.5 Å². The number of nitro benzene ring substituents is 1. The van der Waals surface area contributed by atoms with Gasteiger partial charge in [-0.3, -0.25) is 19.7 Å². The first-order valence-corrected chi connectivity index (χ1v) is 8.95. The maximum atomic E-state index is 12.5. The molecule has 1 saturated heterocycles. The molecule has 2 aromatic rings. The summed E-state index contributed by atoms with van der Waals surface area (Å²) in [4.78, 5) is 38.4. The zero-order valence-corrected chi connectivity index (χ0v) is 15.5. The summed E-state index contributed by atoms with van der Waals surface area (Å²) in [7, 11) is 0. The number of benzene rings is 2. The van der Waals surface area contributed by atoms with Crippen LogP contribution in [-0.4, -0.2) is 59.3 Å². The van der Waals surface area contributed by atoms with Crippen molar-refractivity contribution >= 4 is 17.5 Å². The summed E-state index contributed by atoms with van der Waals surface area (Å²) >= 11 is 0. The lowest BCUT2D eigenvalue weighted by Gasteiger charge is -2.34. The molecule has 0 spiro atoms. The second-order valence-electron chi connectivity index (χ2n) is 6.58. The molecule has 2 aromatic carbocycles. The number of ether oxygens (including phenoxy) is 1. The predicted octanol–water partition coefficient (Wildman–Crippen LogP) is 2.27. The van der Waals surface area contributed by atoms with Gasteiger partial charge in [0.2, 0.25) is 0 Å². The number of aryl methyl sites for hydroxylation is 1. The van der Waals surface area contributed by atoms with E-state index in [-0.39, 0.29) is 24.1 Å². The standard InChI is InChI=1S/C20H21N3O5/c1-15-2-4-16(5-3-15)20(25)22-12-10-21(11-13-22)19(24)14-28-18-8-6-17(7-9-18)23(26)27/h2-9H,10-14H2,1H3. The summed E-state index contributed by atoms with van der Waals surface area (Å²) in [5.74, 6) is 0.183. The van der Waals surface area contributed by atoms with Crippen LogP contribution in [0.25, 0.3) is 0 Å². The Morgan fingerprint density at radius 2 is 1.54 bits per heavy atom. The van der Waals surface area contributed by atoms with E-state index >= 15 is 0 Å². The Labute approximate surface area is 162 Å². The Balaban J connectivity index is 1.47. The molecular weight excluding hydrogens is 362 g/mol. The number of nitrogens with zero attached hydrogens (tertiary/aromatic N) is 3. The first kappa shape index (κ1) is 19.3. The first-order chi connectivity index (χ1) is 13.4. The van der Waals surface area contributed by atoms with Gasteiger partial charge in [0, 0.05) is 43.9 Å². The van der Waals surface area contributed by atoms with Gasteiger partial charge < -0.3 is 14.5 Å². The lowest BCUT2D eigenvalue weighted by Crippen LogP contribution is -2.51. The second-order valence-corrected chi connectivity index (χ2v) is 6.58. The molecule has 1 heterocycles. The fourth-order valence-electron chi connectivity index (χ4n) is 2.94.